The van der Waals surface area contributed by atoms with Crippen LogP contribution in [0.4, 0.5) is 4.39 Å². The third-order valence-electron chi connectivity index (χ3n) is 4.99. The normalized spacial score (nSPS) is 13.1. The van der Waals surface area contributed by atoms with Crippen LogP contribution < -0.4 is 4.74 Å². The molecule has 30 heavy (non-hydrogen) atoms. The Kier molecular flexibility index (Phi) is 5.52. The van der Waals surface area contributed by atoms with Crippen LogP contribution in [-0.4, -0.2) is 30.4 Å². The summed E-state index contributed by atoms with van der Waals surface area (Å²) >= 11 is 0. The van der Waals surface area contributed by atoms with Crippen LogP contribution in [0.3, 0.4) is 0 Å². The SMILES string of the molecule is COC(=O)c1ccc(COc2cccc3c2CCN(Cc2ccc(F)cc2)C3=O)o1. The Labute approximate surface area is 172 Å². The van der Waals surface area contributed by atoms with Crippen molar-refractivity contribution in [2.45, 2.75) is 19.6 Å². The first kappa shape index (κ1) is 19.7. The molecule has 1 aromatic heterocycles. The molecule has 0 bridgehead atoms. The van der Waals surface area contributed by atoms with Gasteiger partial charge in [0.25, 0.3) is 5.91 Å². The Morgan fingerprint density at radius 3 is 2.70 bits per heavy atom. The highest BCUT2D eigenvalue weighted by atomic mass is 19.1. The predicted octanol–water partition coefficient (Wildman–Crippen LogP) is 3.98. The van der Waals surface area contributed by atoms with E-state index in [1.165, 1.54) is 25.3 Å². The quantitative estimate of drug-likeness (QED) is 0.576. The number of halogens is 1. The van der Waals surface area contributed by atoms with Gasteiger partial charge >= 0.3 is 5.97 Å². The van der Waals surface area contributed by atoms with Crippen LogP contribution in [-0.2, 0) is 24.3 Å². The number of carbonyl (C=O) groups is 2. The second kappa shape index (κ2) is 8.41. The maximum Gasteiger partial charge on any atom is 0.373 e. The van der Waals surface area contributed by atoms with Gasteiger partial charge in [-0.25, -0.2) is 9.18 Å². The largest absolute Gasteiger partial charge is 0.485 e. The summed E-state index contributed by atoms with van der Waals surface area (Å²) in [5, 5.41) is 0. The summed E-state index contributed by atoms with van der Waals surface area (Å²) in [4.78, 5) is 26.2. The van der Waals surface area contributed by atoms with Crippen LogP contribution in [0.15, 0.2) is 59.0 Å². The minimum Gasteiger partial charge on any atom is -0.485 e. The Hall–Kier alpha value is -3.61. The van der Waals surface area contributed by atoms with Crippen molar-refractivity contribution in [2.24, 2.45) is 0 Å². The number of rotatable bonds is 6. The molecule has 1 aliphatic heterocycles. The first-order valence-electron chi connectivity index (χ1n) is 9.50. The summed E-state index contributed by atoms with van der Waals surface area (Å²) in [7, 11) is 1.29. The van der Waals surface area contributed by atoms with Crippen LogP contribution in [0.1, 0.15) is 37.8 Å². The lowest BCUT2D eigenvalue weighted by Gasteiger charge is -2.29. The third-order valence-corrected chi connectivity index (χ3v) is 4.99. The van der Waals surface area contributed by atoms with Gasteiger partial charge in [-0.05, 0) is 48.4 Å². The van der Waals surface area contributed by atoms with Crippen LogP contribution in [0.2, 0.25) is 0 Å². The summed E-state index contributed by atoms with van der Waals surface area (Å²) in [5.74, 6) is 0.262. The van der Waals surface area contributed by atoms with Crippen molar-refractivity contribution < 1.29 is 27.9 Å². The molecule has 0 unspecified atom stereocenters. The van der Waals surface area contributed by atoms with Crippen LogP contribution >= 0.6 is 0 Å². The summed E-state index contributed by atoms with van der Waals surface area (Å²) in [5.41, 5.74) is 2.31. The predicted molar refractivity (Wildman–Crippen MR) is 106 cm³/mol. The molecule has 3 aromatic rings. The lowest BCUT2D eigenvalue weighted by atomic mass is 9.97. The van der Waals surface area contributed by atoms with E-state index in [2.05, 4.69) is 4.74 Å². The zero-order valence-corrected chi connectivity index (χ0v) is 16.4. The molecule has 0 N–H and O–H groups in total. The fourth-order valence-corrected chi connectivity index (χ4v) is 3.45. The molecule has 0 saturated heterocycles. The number of nitrogens with zero attached hydrogens (tertiary/aromatic N) is 1. The molecule has 2 aromatic carbocycles. The number of hydrogen-bond donors (Lipinski definition) is 0. The topological polar surface area (TPSA) is 69.0 Å². The minimum absolute atomic E-state index is 0.0861. The van der Waals surface area contributed by atoms with Crippen molar-refractivity contribution in [1.29, 1.82) is 0 Å². The van der Waals surface area contributed by atoms with Gasteiger partial charge in [-0.3, -0.25) is 4.79 Å². The molecule has 0 aliphatic carbocycles. The summed E-state index contributed by atoms with van der Waals surface area (Å²) in [6.07, 6.45) is 0.643. The van der Waals surface area contributed by atoms with Crippen LogP contribution in [0, 0.1) is 5.82 Å². The molecule has 0 atom stereocenters. The van der Waals surface area contributed by atoms with E-state index in [9.17, 15) is 14.0 Å². The van der Waals surface area contributed by atoms with Gasteiger partial charge in [0.1, 0.15) is 23.9 Å². The monoisotopic (exact) mass is 409 g/mol. The highest BCUT2D eigenvalue weighted by Crippen LogP contribution is 2.29. The number of hydrogen-bond acceptors (Lipinski definition) is 5. The van der Waals surface area contributed by atoms with Gasteiger partial charge in [0.2, 0.25) is 5.76 Å². The van der Waals surface area contributed by atoms with Crippen molar-refractivity contribution >= 4 is 11.9 Å². The van der Waals surface area contributed by atoms with Crippen molar-refractivity contribution in [3.05, 3.63) is 88.6 Å². The molecular formula is C23H20FNO5. The van der Waals surface area contributed by atoms with Gasteiger partial charge in [0.05, 0.1) is 7.11 Å². The molecule has 1 aliphatic rings. The maximum absolute atomic E-state index is 13.1. The first-order valence-corrected chi connectivity index (χ1v) is 9.50. The van der Waals surface area contributed by atoms with E-state index in [0.29, 0.717) is 36.6 Å². The average molecular weight is 409 g/mol. The van der Waals surface area contributed by atoms with E-state index in [-0.39, 0.29) is 24.1 Å². The highest BCUT2D eigenvalue weighted by Gasteiger charge is 2.26. The molecule has 6 nitrogen and oxygen atoms in total. The molecule has 154 valence electrons. The van der Waals surface area contributed by atoms with Crippen molar-refractivity contribution in [2.75, 3.05) is 13.7 Å². The van der Waals surface area contributed by atoms with Gasteiger partial charge in [0.15, 0.2) is 0 Å². The number of fused-ring (bicyclic) bond motifs is 1. The van der Waals surface area contributed by atoms with E-state index in [0.717, 1.165) is 11.1 Å². The smallest absolute Gasteiger partial charge is 0.373 e. The number of esters is 1. The van der Waals surface area contributed by atoms with Gasteiger partial charge in [-0.15, -0.1) is 0 Å². The summed E-state index contributed by atoms with van der Waals surface area (Å²) in [6, 6.07) is 14.7. The van der Waals surface area contributed by atoms with Crippen molar-refractivity contribution in [1.82, 2.24) is 4.90 Å². The molecule has 2 heterocycles. The zero-order chi connectivity index (χ0) is 21.1. The molecule has 0 fully saturated rings. The third kappa shape index (κ3) is 4.05. The summed E-state index contributed by atoms with van der Waals surface area (Å²) < 4.78 is 29.0. The van der Waals surface area contributed by atoms with Gasteiger partial charge in [0, 0.05) is 24.2 Å². The molecule has 0 spiro atoms. The summed E-state index contributed by atoms with van der Waals surface area (Å²) in [6.45, 7) is 1.09. The average Bonchev–Trinajstić information content (AvgIpc) is 3.24. The Morgan fingerprint density at radius 2 is 1.93 bits per heavy atom. The van der Waals surface area contributed by atoms with Crippen LogP contribution in [0.5, 0.6) is 5.75 Å². The second-order valence-corrected chi connectivity index (χ2v) is 6.93. The van der Waals surface area contributed by atoms with E-state index >= 15 is 0 Å². The number of amides is 1. The van der Waals surface area contributed by atoms with Gasteiger partial charge < -0.3 is 18.8 Å². The molecular weight excluding hydrogens is 389 g/mol. The van der Waals surface area contributed by atoms with Crippen molar-refractivity contribution in [3.8, 4) is 5.75 Å². The maximum atomic E-state index is 13.1. The minimum atomic E-state index is -0.551. The Balaban J connectivity index is 1.46. The Morgan fingerprint density at radius 1 is 1.13 bits per heavy atom. The number of benzene rings is 2. The molecule has 7 heteroatoms. The van der Waals surface area contributed by atoms with E-state index < -0.39 is 5.97 Å². The highest BCUT2D eigenvalue weighted by molar-refractivity contribution is 5.97. The molecule has 0 radical (unpaired) electrons. The van der Waals surface area contributed by atoms with Gasteiger partial charge in [-0.1, -0.05) is 18.2 Å². The number of furan rings is 1. The Bertz CT molecular complexity index is 1070. The molecule has 1 amide bonds. The fraction of sp³-hybridized carbons (Fsp3) is 0.217. The number of ether oxygens (including phenoxy) is 2. The standard InChI is InChI=1S/C23H20FNO5/c1-28-23(27)21-10-9-17(30-21)14-29-20-4-2-3-19-18(20)11-12-25(22(19)26)13-15-5-7-16(24)8-6-15/h2-10H,11-14H2,1H3. The van der Waals surface area contributed by atoms with E-state index in [1.807, 2.05) is 6.07 Å². The van der Waals surface area contributed by atoms with E-state index in [1.54, 1.807) is 35.2 Å². The van der Waals surface area contributed by atoms with Gasteiger partial charge in [-0.2, -0.15) is 0 Å². The van der Waals surface area contributed by atoms with Crippen molar-refractivity contribution in [3.63, 3.8) is 0 Å². The second-order valence-electron chi connectivity index (χ2n) is 6.93. The van der Waals surface area contributed by atoms with Crippen LogP contribution in [0.25, 0.3) is 0 Å². The molecule has 4 rings (SSSR count). The number of methoxy groups -OCH3 is 1. The zero-order valence-electron chi connectivity index (χ0n) is 16.4. The lowest BCUT2D eigenvalue weighted by molar-refractivity contribution is 0.0560. The number of carbonyl (C=O) groups excluding carboxylic acids is 2. The molecule has 0 saturated carbocycles. The first-order chi connectivity index (χ1) is 14.5. The van der Waals surface area contributed by atoms with E-state index in [4.69, 9.17) is 9.15 Å². The fourth-order valence-electron chi connectivity index (χ4n) is 3.45. The lowest BCUT2D eigenvalue weighted by Crippen LogP contribution is -2.37.